The van der Waals surface area contributed by atoms with Crippen molar-refractivity contribution in [2.75, 3.05) is 0 Å². The fourth-order valence-corrected chi connectivity index (χ4v) is 4.55. The SMILES string of the molecule is Cc1c(C(N)=O)cn2c(-c3ccccc3)c(-c3ccc(C4(N)CCC4)cc3)nc2c1C. The van der Waals surface area contributed by atoms with Crippen LogP contribution in [0.5, 0.6) is 0 Å². The van der Waals surface area contributed by atoms with Crippen molar-refractivity contribution in [2.45, 2.75) is 38.6 Å². The summed E-state index contributed by atoms with van der Waals surface area (Å²) in [7, 11) is 0. The number of carbonyl (C=O) groups excluding carboxylic acids is 1. The number of nitrogens with zero attached hydrogens (tertiary/aromatic N) is 2. The Morgan fingerprint density at radius 3 is 2.23 bits per heavy atom. The van der Waals surface area contributed by atoms with Gasteiger partial charge in [0.05, 0.1) is 17.0 Å². The monoisotopic (exact) mass is 410 g/mol. The number of pyridine rings is 1. The van der Waals surface area contributed by atoms with Crippen LogP contribution in [0.15, 0.2) is 60.8 Å². The molecule has 2 aromatic heterocycles. The van der Waals surface area contributed by atoms with Gasteiger partial charge in [0.15, 0.2) is 0 Å². The lowest BCUT2D eigenvalue weighted by Gasteiger charge is -2.38. The summed E-state index contributed by atoms with van der Waals surface area (Å²) in [5.74, 6) is -0.435. The molecule has 1 aliphatic carbocycles. The number of amides is 1. The molecule has 0 aliphatic heterocycles. The first kappa shape index (κ1) is 19.5. The number of aromatic nitrogens is 2. The van der Waals surface area contributed by atoms with Crippen LogP contribution in [0.4, 0.5) is 0 Å². The van der Waals surface area contributed by atoms with Crippen molar-refractivity contribution in [2.24, 2.45) is 11.5 Å². The number of fused-ring (bicyclic) bond motifs is 1. The number of hydrogen-bond acceptors (Lipinski definition) is 3. The summed E-state index contributed by atoms with van der Waals surface area (Å²) in [4.78, 5) is 17.1. The Bertz CT molecular complexity index is 1300. The molecule has 0 atom stereocenters. The van der Waals surface area contributed by atoms with Crippen molar-refractivity contribution in [1.29, 1.82) is 0 Å². The lowest BCUT2D eigenvalue weighted by molar-refractivity contribution is 0.0999. The highest BCUT2D eigenvalue weighted by atomic mass is 16.1. The molecule has 5 heteroatoms. The summed E-state index contributed by atoms with van der Waals surface area (Å²) in [5.41, 5.74) is 20.2. The maximum Gasteiger partial charge on any atom is 0.250 e. The minimum atomic E-state index is -0.435. The number of nitrogens with two attached hydrogens (primary N) is 2. The van der Waals surface area contributed by atoms with Crippen LogP contribution < -0.4 is 11.5 Å². The zero-order valence-corrected chi connectivity index (χ0v) is 17.9. The third-order valence-electron chi connectivity index (χ3n) is 6.76. The molecule has 0 saturated heterocycles. The van der Waals surface area contributed by atoms with Gasteiger partial charge in [0.2, 0.25) is 5.91 Å². The summed E-state index contributed by atoms with van der Waals surface area (Å²) < 4.78 is 2.00. The van der Waals surface area contributed by atoms with Crippen LogP contribution in [0.1, 0.15) is 46.3 Å². The molecule has 156 valence electrons. The summed E-state index contributed by atoms with van der Waals surface area (Å²) in [6.07, 6.45) is 5.06. The van der Waals surface area contributed by atoms with E-state index in [0.29, 0.717) is 5.56 Å². The van der Waals surface area contributed by atoms with Gasteiger partial charge in [0, 0.05) is 22.9 Å². The zero-order chi connectivity index (χ0) is 21.8. The summed E-state index contributed by atoms with van der Waals surface area (Å²) in [6.45, 7) is 3.90. The molecular formula is C26H26N4O. The van der Waals surface area contributed by atoms with Gasteiger partial charge in [-0.1, -0.05) is 54.6 Å². The van der Waals surface area contributed by atoms with Gasteiger partial charge in [-0.3, -0.25) is 9.20 Å². The van der Waals surface area contributed by atoms with Crippen LogP contribution in [0, 0.1) is 13.8 Å². The lowest BCUT2D eigenvalue weighted by atomic mass is 9.72. The number of aryl methyl sites for hydroxylation is 1. The molecule has 2 aromatic carbocycles. The van der Waals surface area contributed by atoms with Crippen molar-refractivity contribution in [1.82, 2.24) is 9.38 Å². The van der Waals surface area contributed by atoms with E-state index < -0.39 is 5.91 Å². The first-order chi connectivity index (χ1) is 14.9. The van der Waals surface area contributed by atoms with Crippen molar-refractivity contribution in [3.8, 4) is 22.5 Å². The fourth-order valence-electron chi connectivity index (χ4n) is 4.55. The predicted octanol–water partition coefficient (Wildman–Crippen LogP) is 4.72. The average Bonchev–Trinajstić information content (AvgIpc) is 3.15. The van der Waals surface area contributed by atoms with Gasteiger partial charge in [-0.05, 0) is 49.8 Å². The van der Waals surface area contributed by atoms with Crippen LogP contribution >= 0.6 is 0 Å². The Hall–Kier alpha value is -3.44. The van der Waals surface area contributed by atoms with Gasteiger partial charge < -0.3 is 11.5 Å². The Labute approximate surface area is 181 Å². The number of primary amides is 1. The Kier molecular flexibility index (Phi) is 4.45. The van der Waals surface area contributed by atoms with E-state index in [0.717, 1.165) is 52.1 Å². The second-order valence-corrected chi connectivity index (χ2v) is 8.61. The molecule has 2 heterocycles. The van der Waals surface area contributed by atoms with Crippen molar-refractivity contribution < 1.29 is 4.79 Å². The van der Waals surface area contributed by atoms with Gasteiger partial charge in [-0.15, -0.1) is 0 Å². The molecule has 0 radical (unpaired) electrons. The molecule has 31 heavy (non-hydrogen) atoms. The maximum atomic E-state index is 12.1. The highest BCUT2D eigenvalue weighted by molar-refractivity contribution is 5.95. The van der Waals surface area contributed by atoms with Gasteiger partial charge in [-0.25, -0.2) is 4.98 Å². The molecule has 1 fully saturated rings. The van der Waals surface area contributed by atoms with Gasteiger partial charge in [0.1, 0.15) is 5.65 Å². The molecule has 5 rings (SSSR count). The van der Waals surface area contributed by atoms with E-state index in [1.54, 1.807) is 0 Å². The number of imidazole rings is 1. The third-order valence-corrected chi connectivity index (χ3v) is 6.76. The summed E-state index contributed by atoms with van der Waals surface area (Å²) in [6, 6.07) is 18.6. The second-order valence-electron chi connectivity index (χ2n) is 8.61. The van der Waals surface area contributed by atoms with Crippen LogP contribution in [0.25, 0.3) is 28.2 Å². The minimum Gasteiger partial charge on any atom is -0.366 e. The molecule has 1 amide bonds. The highest BCUT2D eigenvalue weighted by Gasteiger charge is 2.34. The average molecular weight is 411 g/mol. The van der Waals surface area contributed by atoms with Crippen LogP contribution in [-0.4, -0.2) is 15.3 Å². The molecule has 0 spiro atoms. The normalized spacial score (nSPS) is 15.1. The van der Waals surface area contributed by atoms with Crippen molar-refractivity contribution in [3.63, 3.8) is 0 Å². The zero-order valence-electron chi connectivity index (χ0n) is 17.9. The minimum absolute atomic E-state index is 0.191. The summed E-state index contributed by atoms with van der Waals surface area (Å²) >= 11 is 0. The molecule has 4 N–H and O–H groups in total. The third kappa shape index (κ3) is 3.04. The number of benzene rings is 2. The van der Waals surface area contributed by atoms with E-state index >= 15 is 0 Å². The molecule has 1 aliphatic rings. The molecule has 4 aromatic rings. The maximum absolute atomic E-state index is 12.1. The molecule has 5 nitrogen and oxygen atoms in total. The smallest absolute Gasteiger partial charge is 0.250 e. The molecule has 0 bridgehead atoms. The number of carbonyl (C=O) groups is 1. The lowest BCUT2D eigenvalue weighted by Crippen LogP contribution is -2.43. The molecular weight excluding hydrogens is 384 g/mol. The van der Waals surface area contributed by atoms with Crippen LogP contribution in [0.3, 0.4) is 0 Å². The molecule has 0 unspecified atom stereocenters. The largest absolute Gasteiger partial charge is 0.366 e. The van der Waals surface area contributed by atoms with E-state index in [9.17, 15) is 4.79 Å². The Morgan fingerprint density at radius 1 is 0.968 bits per heavy atom. The number of hydrogen-bond donors (Lipinski definition) is 2. The quantitative estimate of drug-likeness (QED) is 0.510. The van der Waals surface area contributed by atoms with Gasteiger partial charge in [0.25, 0.3) is 0 Å². The van der Waals surface area contributed by atoms with E-state index in [-0.39, 0.29) is 5.54 Å². The predicted molar refractivity (Wildman–Crippen MR) is 124 cm³/mol. The Balaban J connectivity index is 1.76. The molecule has 1 saturated carbocycles. The first-order valence-corrected chi connectivity index (χ1v) is 10.7. The first-order valence-electron chi connectivity index (χ1n) is 10.7. The van der Waals surface area contributed by atoms with Gasteiger partial charge >= 0.3 is 0 Å². The topological polar surface area (TPSA) is 86.4 Å². The van der Waals surface area contributed by atoms with Crippen molar-refractivity contribution >= 4 is 11.6 Å². The van der Waals surface area contributed by atoms with E-state index in [1.807, 2.05) is 42.6 Å². The van der Waals surface area contributed by atoms with Crippen LogP contribution in [0.2, 0.25) is 0 Å². The van der Waals surface area contributed by atoms with Crippen molar-refractivity contribution in [3.05, 3.63) is 83.0 Å². The summed E-state index contributed by atoms with van der Waals surface area (Å²) in [5, 5.41) is 0. The van der Waals surface area contributed by atoms with Gasteiger partial charge in [-0.2, -0.15) is 0 Å². The van der Waals surface area contributed by atoms with E-state index in [1.165, 1.54) is 12.0 Å². The number of rotatable bonds is 4. The van der Waals surface area contributed by atoms with E-state index in [2.05, 4.69) is 36.4 Å². The second kappa shape index (κ2) is 7.06. The van der Waals surface area contributed by atoms with Crippen LogP contribution in [-0.2, 0) is 5.54 Å². The fraction of sp³-hybridized carbons (Fsp3) is 0.231. The Morgan fingerprint density at radius 2 is 1.65 bits per heavy atom. The highest BCUT2D eigenvalue weighted by Crippen LogP contribution is 2.40. The standard InChI is InChI=1S/C26H26N4O/c1-16-17(2)25-29-22(18-9-11-20(12-10-18)26(28)13-6-14-26)23(19-7-4-3-5-8-19)30(25)15-21(16)24(27)31/h3-5,7-12,15H,6,13-14,28H2,1-2H3,(H2,27,31). The van der Waals surface area contributed by atoms with E-state index in [4.69, 9.17) is 16.5 Å².